The zero-order valence-electron chi connectivity index (χ0n) is 18.8. The minimum absolute atomic E-state index is 0.0109. The third-order valence-corrected chi connectivity index (χ3v) is 7.40. The summed E-state index contributed by atoms with van der Waals surface area (Å²) in [6, 6.07) is 13.9. The van der Waals surface area contributed by atoms with Crippen LogP contribution >= 0.6 is 0 Å². The lowest BCUT2D eigenvalue weighted by atomic mass is 9.40. The van der Waals surface area contributed by atoms with Crippen molar-refractivity contribution in [3.05, 3.63) is 59.4 Å². The Balaban J connectivity index is 1.42. The molecule has 2 atom stereocenters. The zero-order valence-corrected chi connectivity index (χ0v) is 18.8. The molecule has 2 aromatic rings. The maximum absolute atomic E-state index is 15.7. The van der Waals surface area contributed by atoms with Crippen LogP contribution in [0.25, 0.3) is 11.1 Å². The molecular formula is C24H29B3FNO2. The van der Waals surface area contributed by atoms with E-state index in [-0.39, 0.29) is 34.4 Å². The van der Waals surface area contributed by atoms with Crippen LogP contribution in [0.2, 0.25) is 0 Å². The molecule has 1 aliphatic carbocycles. The number of nitrogens with zero attached hydrogens (tertiary/aromatic N) is 1. The van der Waals surface area contributed by atoms with Crippen LogP contribution in [0, 0.1) is 11.2 Å². The molecule has 3 nitrogen and oxygen atoms in total. The smallest absolute Gasteiger partial charge is 0.252 e. The van der Waals surface area contributed by atoms with Crippen molar-refractivity contribution in [1.29, 1.82) is 0 Å². The van der Waals surface area contributed by atoms with Gasteiger partial charge in [0.2, 0.25) is 0 Å². The molecule has 1 spiro atoms. The molecule has 2 heterocycles. The predicted octanol–water partition coefficient (Wildman–Crippen LogP) is 1.21. The van der Waals surface area contributed by atoms with Crippen LogP contribution < -0.4 is 0 Å². The van der Waals surface area contributed by atoms with Gasteiger partial charge in [0.1, 0.15) is 11.9 Å². The van der Waals surface area contributed by atoms with Gasteiger partial charge in [0.05, 0.1) is 30.1 Å². The first kappa shape index (κ1) is 20.9. The summed E-state index contributed by atoms with van der Waals surface area (Å²) >= 11 is 0. The van der Waals surface area contributed by atoms with Crippen LogP contribution in [-0.4, -0.2) is 59.6 Å². The summed E-state index contributed by atoms with van der Waals surface area (Å²) in [6.07, 6.45) is 4.44. The maximum Gasteiger partial charge on any atom is 0.252 e. The molecule has 0 bridgehead atoms. The molecule has 31 heavy (non-hydrogen) atoms. The molecule has 2 saturated heterocycles. The van der Waals surface area contributed by atoms with E-state index in [2.05, 4.69) is 35.7 Å². The minimum Gasteiger partial charge on any atom is -0.368 e. The molecule has 7 heteroatoms. The van der Waals surface area contributed by atoms with Gasteiger partial charge < -0.3 is 9.64 Å². The second-order valence-corrected chi connectivity index (χ2v) is 10.8. The van der Waals surface area contributed by atoms with Crippen molar-refractivity contribution >= 4 is 29.4 Å². The van der Waals surface area contributed by atoms with Gasteiger partial charge in [-0.25, -0.2) is 4.39 Å². The fourth-order valence-electron chi connectivity index (χ4n) is 5.13. The van der Waals surface area contributed by atoms with Crippen LogP contribution in [0.1, 0.15) is 36.8 Å². The van der Waals surface area contributed by atoms with Gasteiger partial charge in [0.15, 0.2) is 0 Å². The lowest BCUT2D eigenvalue weighted by Gasteiger charge is -2.33. The van der Waals surface area contributed by atoms with E-state index in [0.717, 1.165) is 24.9 Å². The SMILES string of the molecule is BC(B)(B)c1cccc(-c2cccc(C[C@H]3CC4(CC4)CN3C(=O)[C@H]3CCO3)c2F)c1. The number of rotatable bonds is 5. The van der Waals surface area contributed by atoms with E-state index in [0.29, 0.717) is 24.2 Å². The van der Waals surface area contributed by atoms with Gasteiger partial charge >= 0.3 is 0 Å². The van der Waals surface area contributed by atoms with Gasteiger partial charge in [-0.1, -0.05) is 53.1 Å². The molecule has 0 unspecified atom stereocenters. The molecule has 2 aromatic carbocycles. The number of carbonyl (C=O) groups excluding carboxylic acids is 1. The second-order valence-electron chi connectivity index (χ2n) is 10.8. The highest BCUT2D eigenvalue weighted by molar-refractivity contribution is 6.58. The summed E-state index contributed by atoms with van der Waals surface area (Å²) in [5.74, 6) is -0.0490. The fourth-order valence-corrected chi connectivity index (χ4v) is 5.13. The Morgan fingerprint density at radius 2 is 1.94 bits per heavy atom. The molecule has 0 N–H and O–H groups in total. The molecule has 1 amide bonds. The average molecular weight is 415 g/mol. The number of amides is 1. The summed E-state index contributed by atoms with van der Waals surface area (Å²) in [6.45, 7) is 1.48. The highest BCUT2D eigenvalue weighted by atomic mass is 19.1. The largest absolute Gasteiger partial charge is 0.368 e. The number of likely N-dealkylation sites (tertiary alicyclic amines) is 1. The Hall–Kier alpha value is -2.01. The van der Waals surface area contributed by atoms with Gasteiger partial charge in [-0.15, -0.1) is 0 Å². The first-order valence-corrected chi connectivity index (χ1v) is 11.6. The quantitative estimate of drug-likeness (QED) is 0.688. The summed E-state index contributed by atoms with van der Waals surface area (Å²) in [5.41, 5.74) is 3.72. The van der Waals surface area contributed by atoms with E-state index in [1.54, 1.807) is 0 Å². The molecule has 3 aliphatic rings. The Bertz CT molecular complexity index is 1010. The maximum atomic E-state index is 15.7. The van der Waals surface area contributed by atoms with E-state index in [1.165, 1.54) is 18.4 Å². The third-order valence-electron chi connectivity index (χ3n) is 7.40. The summed E-state index contributed by atoms with van der Waals surface area (Å²) in [4.78, 5) is 15.0. The molecule has 158 valence electrons. The second kappa shape index (κ2) is 7.55. The Morgan fingerprint density at radius 1 is 1.19 bits per heavy atom. The molecule has 0 radical (unpaired) electrons. The first-order chi connectivity index (χ1) is 14.8. The summed E-state index contributed by atoms with van der Waals surface area (Å²) in [5, 5.41) is 0.0109. The number of halogens is 1. The highest BCUT2D eigenvalue weighted by Gasteiger charge is 2.54. The monoisotopic (exact) mass is 415 g/mol. The Morgan fingerprint density at radius 3 is 2.58 bits per heavy atom. The van der Waals surface area contributed by atoms with E-state index in [4.69, 9.17) is 4.74 Å². The number of ether oxygens (including phenoxy) is 1. The third kappa shape index (κ3) is 3.97. The molecule has 0 aromatic heterocycles. The molecule has 5 rings (SSSR count). The van der Waals surface area contributed by atoms with Crippen molar-refractivity contribution in [2.75, 3.05) is 13.2 Å². The van der Waals surface area contributed by atoms with Crippen molar-refractivity contribution < 1.29 is 13.9 Å². The molecular weight excluding hydrogens is 386 g/mol. The van der Waals surface area contributed by atoms with Crippen LogP contribution in [0.4, 0.5) is 4.39 Å². The van der Waals surface area contributed by atoms with Crippen LogP contribution in [0.5, 0.6) is 0 Å². The van der Waals surface area contributed by atoms with Crippen LogP contribution in [0.3, 0.4) is 0 Å². The Kier molecular flexibility index (Phi) is 5.08. The van der Waals surface area contributed by atoms with Crippen LogP contribution in [-0.2, 0) is 21.1 Å². The van der Waals surface area contributed by atoms with Gasteiger partial charge in [-0.2, -0.15) is 0 Å². The molecule has 3 fully saturated rings. The van der Waals surface area contributed by atoms with Crippen molar-refractivity contribution in [2.45, 2.75) is 49.4 Å². The number of carbonyl (C=O) groups is 1. The minimum atomic E-state index is -0.285. The number of hydrogen-bond donors (Lipinski definition) is 0. The molecule has 2 aliphatic heterocycles. The topological polar surface area (TPSA) is 29.5 Å². The molecule has 1 saturated carbocycles. The standard InChI is InChI=1S/C24H29B3FNO2/c25-24(26,27)17-5-1-3-15(11-17)19-6-2-4-16(21(19)28)12-18-13-23(8-9-23)14-29(18)22(30)20-7-10-31-20/h1-6,11,18,20H,7-10,12-14,25-27H2/t18-,20+/m0/s1. The first-order valence-electron chi connectivity index (χ1n) is 11.6. The fraction of sp³-hybridized carbons (Fsp3) is 0.458. The lowest BCUT2D eigenvalue weighted by Crippen LogP contribution is -2.48. The van der Waals surface area contributed by atoms with Crippen molar-refractivity contribution in [3.63, 3.8) is 0 Å². The number of hydrogen-bond acceptors (Lipinski definition) is 2. The van der Waals surface area contributed by atoms with Crippen LogP contribution in [0.15, 0.2) is 42.5 Å². The van der Waals surface area contributed by atoms with E-state index < -0.39 is 0 Å². The van der Waals surface area contributed by atoms with Gasteiger partial charge in [-0.3, -0.25) is 4.79 Å². The summed E-state index contributed by atoms with van der Waals surface area (Å²) < 4.78 is 21.2. The van der Waals surface area contributed by atoms with Crippen molar-refractivity contribution in [3.8, 4) is 11.1 Å². The van der Waals surface area contributed by atoms with Crippen molar-refractivity contribution in [2.24, 2.45) is 5.41 Å². The Labute approximate surface area is 187 Å². The number of benzene rings is 2. The normalized spacial score (nSPS) is 24.2. The van der Waals surface area contributed by atoms with E-state index in [9.17, 15) is 4.79 Å². The van der Waals surface area contributed by atoms with Gasteiger partial charge in [0, 0.05) is 24.6 Å². The zero-order chi connectivity index (χ0) is 21.8. The summed E-state index contributed by atoms with van der Waals surface area (Å²) in [7, 11) is 6.51. The lowest BCUT2D eigenvalue weighted by molar-refractivity contribution is -0.157. The average Bonchev–Trinajstić information content (AvgIpc) is 3.34. The van der Waals surface area contributed by atoms with Gasteiger partial charge in [-0.05, 0) is 42.2 Å². The van der Waals surface area contributed by atoms with Crippen molar-refractivity contribution in [1.82, 2.24) is 4.90 Å². The highest BCUT2D eigenvalue weighted by Crippen LogP contribution is 2.55. The van der Waals surface area contributed by atoms with Gasteiger partial charge in [0.25, 0.3) is 5.91 Å². The van der Waals surface area contributed by atoms with E-state index in [1.807, 2.05) is 35.2 Å². The van der Waals surface area contributed by atoms with E-state index >= 15 is 4.39 Å². The predicted molar refractivity (Wildman–Crippen MR) is 129 cm³/mol.